The highest BCUT2D eigenvalue weighted by Gasteiger charge is 2.26. The summed E-state index contributed by atoms with van der Waals surface area (Å²) in [5, 5.41) is 6.06. The van der Waals surface area contributed by atoms with Gasteiger partial charge in [0.15, 0.2) is 0 Å². The summed E-state index contributed by atoms with van der Waals surface area (Å²) in [6, 6.07) is 3.41. The lowest BCUT2D eigenvalue weighted by atomic mass is 9.92. The summed E-state index contributed by atoms with van der Waals surface area (Å²) in [6.07, 6.45) is 6.03. The molecule has 4 nitrogen and oxygen atoms in total. The number of likely N-dealkylation sites (tertiary alicyclic amines) is 1. The fraction of sp³-hybridized carbons (Fsp3) is 0.667. The molecule has 110 valence electrons. The number of thiophene rings is 1. The molecule has 3 N–H and O–H groups in total. The lowest BCUT2D eigenvalue weighted by Gasteiger charge is -2.35. The lowest BCUT2D eigenvalue weighted by molar-refractivity contribution is -0.119. The smallest absolute Gasteiger partial charge is 0.231 e. The molecule has 0 radical (unpaired) electrons. The second-order valence-electron chi connectivity index (χ2n) is 5.93. The van der Waals surface area contributed by atoms with Gasteiger partial charge in [-0.3, -0.25) is 9.69 Å². The molecule has 1 unspecified atom stereocenters. The number of nitrogens with one attached hydrogen (secondary N) is 1. The molecule has 3 rings (SSSR count). The van der Waals surface area contributed by atoms with E-state index in [2.05, 4.69) is 21.7 Å². The maximum Gasteiger partial charge on any atom is 0.231 e. The summed E-state index contributed by atoms with van der Waals surface area (Å²) in [5.74, 6) is -0.216. The Hall–Kier alpha value is -0.910. The lowest BCUT2D eigenvalue weighted by Crippen LogP contribution is -2.46. The molecule has 2 heterocycles. The molecular weight excluding hydrogens is 270 g/mol. The number of amides is 1. The van der Waals surface area contributed by atoms with Crippen LogP contribution in [0.5, 0.6) is 0 Å². The monoisotopic (exact) mass is 293 g/mol. The predicted molar refractivity (Wildman–Crippen MR) is 81.8 cm³/mol. The van der Waals surface area contributed by atoms with E-state index in [-0.39, 0.29) is 5.91 Å². The minimum Gasteiger partial charge on any atom is -0.369 e. The Labute approximate surface area is 124 Å². The molecule has 0 bridgehead atoms. The number of nitrogens with zero attached hydrogens (tertiary/aromatic N) is 1. The number of piperidine rings is 1. The molecule has 0 aromatic carbocycles. The van der Waals surface area contributed by atoms with Gasteiger partial charge in [-0.15, -0.1) is 11.3 Å². The summed E-state index contributed by atoms with van der Waals surface area (Å²) >= 11 is 1.90. The Morgan fingerprint density at radius 2 is 2.20 bits per heavy atom. The van der Waals surface area contributed by atoms with Gasteiger partial charge in [-0.2, -0.15) is 0 Å². The highest BCUT2D eigenvalue weighted by atomic mass is 32.1. The van der Waals surface area contributed by atoms with E-state index < -0.39 is 0 Å². The van der Waals surface area contributed by atoms with Crippen molar-refractivity contribution in [2.24, 2.45) is 5.73 Å². The summed E-state index contributed by atoms with van der Waals surface area (Å²) < 4.78 is 0. The average molecular weight is 293 g/mol. The van der Waals surface area contributed by atoms with E-state index in [0.717, 1.165) is 25.9 Å². The topological polar surface area (TPSA) is 58.4 Å². The number of carbonyl (C=O) groups excluding carboxylic acids is 1. The van der Waals surface area contributed by atoms with Crippen molar-refractivity contribution in [2.45, 2.75) is 44.2 Å². The van der Waals surface area contributed by atoms with Gasteiger partial charge in [-0.05, 0) is 49.1 Å². The van der Waals surface area contributed by atoms with Crippen molar-refractivity contribution in [1.82, 2.24) is 10.2 Å². The van der Waals surface area contributed by atoms with Crippen molar-refractivity contribution in [2.75, 3.05) is 19.6 Å². The standard InChI is InChI=1S/C15H23N3OS/c16-15(19)10-18-7-4-11(5-8-18)17-13-2-1-3-14-12(13)6-9-20-14/h6,9,11,13,17H,1-5,7-8,10H2,(H2,16,19). The molecule has 1 aromatic rings. The van der Waals surface area contributed by atoms with Gasteiger partial charge in [-0.1, -0.05) is 0 Å². The SMILES string of the molecule is NC(=O)CN1CCC(NC2CCCc3sccc32)CC1. The third kappa shape index (κ3) is 3.22. The molecule has 2 aliphatic rings. The zero-order valence-electron chi connectivity index (χ0n) is 11.8. The normalized spacial score (nSPS) is 24.5. The van der Waals surface area contributed by atoms with Gasteiger partial charge in [0.25, 0.3) is 0 Å². The molecule has 1 fully saturated rings. The molecule has 1 aliphatic carbocycles. The van der Waals surface area contributed by atoms with E-state index in [0.29, 0.717) is 18.6 Å². The molecule has 1 amide bonds. The Bertz CT molecular complexity index is 465. The van der Waals surface area contributed by atoms with Crippen LogP contribution in [0.3, 0.4) is 0 Å². The fourth-order valence-corrected chi connectivity index (χ4v) is 4.41. The summed E-state index contributed by atoms with van der Waals surface area (Å²) in [6.45, 7) is 2.36. The van der Waals surface area contributed by atoms with Gasteiger partial charge in [0.2, 0.25) is 5.91 Å². The van der Waals surface area contributed by atoms with Gasteiger partial charge >= 0.3 is 0 Å². The number of fused-ring (bicyclic) bond motifs is 1. The van der Waals surface area contributed by atoms with Gasteiger partial charge < -0.3 is 11.1 Å². The van der Waals surface area contributed by atoms with Crippen LogP contribution in [0.25, 0.3) is 0 Å². The van der Waals surface area contributed by atoms with Gasteiger partial charge in [0, 0.05) is 30.1 Å². The van der Waals surface area contributed by atoms with Crippen molar-refractivity contribution >= 4 is 17.2 Å². The van der Waals surface area contributed by atoms with Crippen LogP contribution in [0.2, 0.25) is 0 Å². The molecule has 1 aliphatic heterocycles. The Balaban J connectivity index is 1.52. The van der Waals surface area contributed by atoms with E-state index >= 15 is 0 Å². The predicted octanol–water partition coefficient (Wildman–Crippen LogP) is 1.66. The number of rotatable bonds is 4. The van der Waals surface area contributed by atoms with Crippen LogP contribution >= 0.6 is 11.3 Å². The molecule has 5 heteroatoms. The van der Waals surface area contributed by atoms with Crippen LogP contribution in [-0.4, -0.2) is 36.5 Å². The van der Waals surface area contributed by atoms with Crippen molar-refractivity contribution in [1.29, 1.82) is 0 Å². The minimum absolute atomic E-state index is 0.216. The van der Waals surface area contributed by atoms with Crippen LogP contribution in [0.15, 0.2) is 11.4 Å². The first-order valence-electron chi connectivity index (χ1n) is 7.55. The zero-order valence-corrected chi connectivity index (χ0v) is 12.6. The maximum atomic E-state index is 10.9. The van der Waals surface area contributed by atoms with Crippen molar-refractivity contribution < 1.29 is 4.79 Å². The van der Waals surface area contributed by atoms with Gasteiger partial charge in [0.05, 0.1) is 6.54 Å². The fourth-order valence-electron chi connectivity index (χ4n) is 3.42. The van der Waals surface area contributed by atoms with Crippen molar-refractivity contribution in [3.8, 4) is 0 Å². The van der Waals surface area contributed by atoms with Gasteiger partial charge in [-0.25, -0.2) is 0 Å². The van der Waals surface area contributed by atoms with Crippen LogP contribution in [-0.2, 0) is 11.2 Å². The number of hydrogen-bond acceptors (Lipinski definition) is 4. The summed E-state index contributed by atoms with van der Waals surface area (Å²) in [5.41, 5.74) is 6.78. The summed E-state index contributed by atoms with van der Waals surface area (Å²) in [7, 11) is 0. The third-order valence-corrected chi connectivity index (χ3v) is 5.45. The molecule has 20 heavy (non-hydrogen) atoms. The largest absolute Gasteiger partial charge is 0.369 e. The average Bonchev–Trinajstić information content (AvgIpc) is 2.90. The molecule has 0 spiro atoms. The second kappa shape index (κ2) is 6.24. The first kappa shape index (κ1) is 14.0. The first-order valence-corrected chi connectivity index (χ1v) is 8.43. The highest BCUT2D eigenvalue weighted by molar-refractivity contribution is 7.10. The zero-order chi connectivity index (χ0) is 13.9. The minimum atomic E-state index is -0.216. The van der Waals surface area contributed by atoms with E-state index in [9.17, 15) is 4.79 Å². The number of aryl methyl sites for hydroxylation is 1. The van der Waals surface area contributed by atoms with E-state index in [4.69, 9.17) is 5.73 Å². The number of hydrogen-bond donors (Lipinski definition) is 2. The van der Waals surface area contributed by atoms with Crippen LogP contribution in [0.1, 0.15) is 42.2 Å². The Kier molecular flexibility index (Phi) is 4.38. The number of carbonyl (C=O) groups is 1. The first-order chi connectivity index (χ1) is 9.72. The van der Waals surface area contributed by atoms with Crippen LogP contribution in [0, 0.1) is 0 Å². The molecule has 0 saturated carbocycles. The van der Waals surface area contributed by atoms with Crippen molar-refractivity contribution in [3.05, 3.63) is 21.9 Å². The Morgan fingerprint density at radius 3 is 2.95 bits per heavy atom. The van der Waals surface area contributed by atoms with E-state index in [1.54, 1.807) is 4.88 Å². The summed E-state index contributed by atoms with van der Waals surface area (Å²) in [4.78, 5) is 14.7. The number of primary amides is 1. The van der Waals surface area contributed by atoms with Crippen LogP contribution in [0.4, 0.5) is 0 Å². The quantitative estimate of drug-likeness (QED) is 0.888. The highest BCUT2D eigenvalue weighted by Crippen LogP contribution is 2.34. The number of nitrogens with two attached hydrogens (primary N) is 1. The maximum absolute atomic E-state index is 10.9. The Morgan fingerprint density at radius 1 is 1.40 bits per heavy atom. The molecule has 1 atom stereocenters. The molecular formula is C15H23N3OS. The van der Waals surface area contributed by atoms with E-state index in [1.807, 2.05) is 11.3 Å². The molecule has 1 aromatic heterocycles. The third-order valence-electron chi connectivity index (χ3n) is 4.46. The van der Waals surface area contributed by atoms with Gasteiger partial charge in [0.1, 0.15) is 0 Å². The van der Waals surface area contributed by atoms with Crippen molar-refractivity contribution in [3.63, 3.8) is 0 Å². The van der Waals surface area contributed by atoms with E-state index in [1.165, 1.54) is 24.8 Å². The molecule has 1 saturated heterocycles. The van der Waals surface area contributed by atoms with Crippen LogP contribution < -0.4 is 11.1 Å². The second-order valence-corrected chi connectivity index (χ2v) is 6.93.